The van der Waals surface area contributed by atoms with Crippen LogP contribution in [0.25, 0.3) is 0 Å². The Hall–Kier alpha value is 0.160. The lowest BCUT2D eigenvalue weighted by atomic mass is 10.0. The van der Waals surface area contributed by atoms with E-state index >= 15 is 0 Å². The molecule has 1 aliphatic heterocycles. The van der Waals surface area contributed by atoms with Gasteiger partial charge in [0.05, 0.1) is 11.0 Å². The van der Waals surface area contributed by atoms with E-state index in [1.54, 1.807) is 0 Å². The molecule has 2 heterocycles. The molecule has 3 nitrogen and oxygen atoms in total. The van der Waals surface area contributed by atoms with Gasteiger partial charge in [-0.1, -0.05) is 0 Å². The number of nitrogens with one attached hydrogen (secondary N) is 1. The van der Waals surface area contributed by atoms with Gasteiger partial charge in [0, 0.05) is 12.1 Å². The number of furan rings is 1. The fourth-order valence-corrected chi connectivity index (χ4v) is 3.00. The molecule has 1 N–H and O–H groups in total. The summed E-state index contributed by atoms with van der Waals surface area (Å²) in [4.78, 5) is 2.54. The van der Waals surface area contributed by atoms with Crippen molar-refractivity contribution >= 4 is 31.9 Å². The van der Waals surface area contributed by atoms with Crippen molar-refractivity contribution in [2.75, 3.05) is 13.1 Å². The number of hydrogen-bond donors (Lipinski definition) is 1. The molecule has 18 heavy (non-hydrogen) atoms. The van der Waals surface area contributed by atoms with Crippen LogP contribution in [-0.2, 0) is 6.54 Å². The molecule has 1 aromatic rings. The van der Waals surface area contributed by atoms with Crippen molar-refractivity contribution in [2.24, 2.45) is 0 Å². The summed E-state index contributed by atoms with van der Waals surface area (Å²) in [5.41, 5.74) is 0. The average molecular weight is 380 g/mol. The topological polar surface area (TPSA) is 28.4 Å². The molecule has 0 unspecified atom stereocenters. The molecule has 5 heteroatoms. The second-order valence-electron chi connectivity index (χ2n) is 5.12. The normalized spacial score (nSPS) is 18.7. The van der Waals surface area contributed by atoms with Gasteiger partial charge >= 0.3 is 0 Å². The summed E-state index contributed by atoms with van der Waals surface area (Å²) in [6.45, 7) is 7.73. The van der Waals surface area contributed by atoms with Gasteiger partial charge in [-0.15, -0.1) is 0 Å². The maximum Gasteiger partial charge on any atom is 0.183 e. The summed E-state index contributed by atoms with van der Waals surface area (Å²) in [5, 5.41) is 3.58. The van der Waals surface area contributed by atoms with Crippen LogP contribution in [0.3, 0.4) is 0 Å². The van der Waals surface area contributed by atoms with Crippen molar-refractivity contribution in [1.82, 2.24) is 10.2 Å². The molecule has 0 bridgehead atoms. The lowest BCUT2D eigenvalue weighted by Crippen LogP contribution is -2.44. The van der Waals surface area contributed by atoms with Gasteiger partial charge in [0.25, 0.3) is 0 Å². The fourth-order valence-electron chi connectivity index (χ4n) is 2.34. The molecule has 0 spiro atoms. The van der Waals surface area contributed by atoms with Crippen molar-refractivity contribution in [3.63, 3.8) is 0 Å². The van der Waals surface area contributed by atoms with E-state index in [0.717, 1.165) is 21.4 Å². The number of piperidine rings is 1. The SMILES string of the molecule is CC(C)N1CCC(NCc2cc(Br)c(Br)o2)CC1. The highest BCUT2D eigenvalue weighted by molar-refractivity contribution is 9.13. The lowest BCUT2D eigenvalue weighted by Gasteiger charge is -2.34. The minimum absolute atomic E-state index is 0.614. The van der Waals surface area contributed by atoms with Crippen LogP contribution in [0.1, 0.15) is 32.4 Å². The van der Waals surface area contributed by atoms with Gasteiger partial charge in [-0.05, 0) is 77.7 Å². The zero-order valence-corrected chi connectivity index (χ0v) is 14.1. The average Bonchev–Trinajstić information content (AvgIpc) is 2.67. The number of hydrogen-bond acceptors (Lipinski definition) is 3. The molecule has 102 valence electrons. The van der Waals surface area contributed by atoms with Crippen LogP contribution in [0.5, 0.6) is 0 Å². The number of likely N-dealkylation sites (tertiary alicyclic amines) is 1. The van der Waals surface area contributed by atoms with Crippen LogP contribution < -0.4 is 5.32 Å². The highest BCUT2D eigenvalue weighted by atomic mass is 79.9. The zero-order chi connectivity index (χ0) is 13.1. The Morgan fingerprint density at radius 2 is 2.06 bits per heavy atom. The van der Waals surface area contributed by atoms with E-state index in [2.05, 4.69) is 55.9 Å². The van der Waals surface area contributed by atoms with Crippen LogP contribution in [0.2, 0.25) is 0 Å². The van der Waals surface area contributed by atoms with Crippen molar-refractivity contribution in [1.29, 1.82) is 0 Å². The number of halogens is 2. The molecule has 2 rings (SSSR count). The summed E-state index contributed by atoms with van der Waals surface area (Å²) < 4.78 is 7.31. The minimum atomic E-state index is 0.614. The fraction of sp³-hybridized carbons (Fsp3) is 0.692. The standard InChI is InChI=1S/C13H20Br2N2O/c1-9(2)17-5-3-10(4-6-17)16-8-11-7-12(14)13(15)18-11/h7,9-10,16H,3-6,8H2,1-2H3. The minimum Gasteiger partial charge on any atom is -0.452 e. The maximum atomic E-state index is 5.56. The Bertz CT molecular complexity index is 365. The van der Waals surface area contributed by atoms with E-state index in [4.69, 9.17) is 4.42 Å². The summed E-state index contributed by atoms with van der Waals surface area (Å²) in [7, 11) is 0. The van der Waals surface area contributed by atoms with Crippen LogP contribution >= 0.6 is 31.9 Å². The first kappa shape index (κ1) is 14.6. The summed E-state index contributed by atoms with van der Waals surface area (Å²) in [6, 6.07) is 3.30. The second-order valence-corrected chi connectivity index (χ2v) is 6.69. The van der Waals surface area contributed by atoms with E-state index in [1.807, 2.05) is 6.07 Å². The quantitative estimate of drug-likeness (QED) is 0.863. The second kappa shape index (κ2) is 6.55. The van der Waals surface area contributed by atoms with Crippen LogP contribution in [0.4, 0.5) is 0 Å². The molecule has 1 aromatic heterocycles. The Balaban J connectivity index is 1.75. The summed E-state index contributed by atoms with van der Waals surface area (Å²) in [6.07, 6.45) is 2.45. The molecule has 1 aliphatic rings. The van der Waals surface area contributed by atoms with Gasteiger partial charge in [-0.25, -0.2) is 0 Å². The molecule has 0 radical (unpaired) electrons. The van der Waals surface area contributed by atoms with Crippen molar-refractivity contribution in [2.45, 2.75) is 45.3 Å². The number of nitrogens with zero attached hydrogens (tertiary/aromatic N) is 1. The Labute approximate surface area is 126 Å². The molecular formula is C13H20Br2N2O. The maximum absolute atomic E-state index is 5.56. The Morgan fingerprint density at radius 3 is 2.56 bits per heavy atom. The van der Waals surface area contributed by atoms with E-state index in [1.165, 1.54) is 25.9 Å². The van der Waals surface area contributed by atoms with E-state index in [0.29, 0.717) is 12.1 Å². The third-order valence-corrected chi connectivity index (χ3v) is 5.23. The van der Waals surface area contributed by atoms with Gasteiger partial charge in [-0.2, -0.15) is 0 Å². The highest BCUT2D eigenvalue weighted by Crippen LogP contribution is 2.26. The smallest absolute Gasteiger partial charge is 0.183 e. The molecule has 0 atom stereocenters. The first-order valence-corrected chi connectivity index (χ1v) is 8.06. The van der Waals surface area contributed by atoms with Crippen molar-refractivity contribution in [3.05, 3.63) is 21.0 Å². The first-order chi connectivity index (χ1) is 8.56. The zero-order valence-electron chi connectivity index (χ0n) is 10.9. The Morgan fingerprint density at radius 1 is 1.39 bits per heavy atom. The van der Waals surface area contributed by atoms with E-state index < -0.39 is 0 Å². The molecule has 1 fully saturated rings. The van der Waals surface area contributed by atoms with Gasteiger partial charge in [0.15, 0.2) is 4.67 Å². The molecule has 0 saturated carbocycles. The van der Waals surface area contributed by atoms with E-state index in [-0.39, 0.29) is 0 Å². The molecule has 0 aliphatic carbocycles. The third-order valence-electron chi connectivity index (χ3n) is 3.52. The highest BCUT2D eigenvalue weighted by Gasteiger charge is 2.20. The Kier molecular flexibility index (Phi) is 5.30. The van der Waals surface area contributed by atoms with Crippen LogP contribution in [-0.4, -0.2) is 30.1 Å². The first-order valence-electron chi connectivity index (χ1n) is 6.47. The van der Waals surface area contributed by atoms with Crippen molar-refractivity contribution < 1.29 is 4.42 Å². The number of rotatable bonds is 4. The largest absolute Gasteiger partial charge is 0.452 e. The summed E-state index contributed by atoms with van der Waals surface area (Å²) in [5.74, 6) is 0.972. The van der Waals surface area contributed by atoms with E-state index in [9.17, 15) is 0 Å². The molecular weight excluding hydrogens is 360 g/mol. The molecule has 0 aromatic carbocycles. The van der Waals surface area contributed by atoms with Crippen LogP contribution in [0.15, 0.2) is 19.6 Å². The van der Waals surface area contributed by atoms with Gasteiger partial charge in [-0.3, -0.25) is 0 Å². The van der Waals surface area contributed by atoms with Gasteiger partial charge < -0.3 is 14.6 Å². The van der Waals surface area contributed by atoms with Crippen LogP contribution in [0, 0.1) is 0 Å². The third kappa shape index (κ3) is 3.83. The predicted octanol–water partition coefficient (Wildman–Crippen LogP) is 3.77. The predicted molar refractivity (Wildman–Crippen MR) is 80.7 cm³/mol. The summed E-state index contributed by atoms with van der Waals surface area (Å²) >= 11 is 6.79. The molecule has 1 saturated heterocycles. The van der Waals surface area contributed by atoms with Gasteiger partial charge in [0.2, 0.25) is 0 Å². The monoisotopic (exact) mass is 378 g/mol. The van der Waals surface area contributed by atoms with Crippen molar-refractivity contribution in [3.8, 4) is 0 Å². The van der Waals surface area contributed by atoms with Gasteiger partial charge in [0.1, 0.15) is 5.76 Å². The lowest BCUT2D eigenvalue weighted by molar-refractivity contribution is 0.160. The molecule has 0 amide bonds.